The van der Waals surface area contributed by atoms with Crippen molar-refractivity contribution in [2.75, 3.05) is 18.4 Å². The standard InChI is InChI=1S/C13H22N4O2/c1-8(2)6-15-12(19)7-14-10-5-11(18)17-13(16-10)9(3)4/h5,8-9H,6-7H2,1-4H3,(H,15,19)(H2,14,16,17,18). The third-order valence-corrected chi connectivity index (χ3v) is 2.44. The zero-order valence-corrected chi connectivity index (χ0v) is 11.9. The van der Waals surface area contributed by atoms with Crippen LogP contribution in [0.2, 0.25) is 0 Å². The monoisotopic (exact) mass is 266 g/mol. The van der Waals surface area contributed by atoms with Gasteiger partial charge in [-0.1, -0.05) is 27.7 Å². The molecular weight excluding hydrogens is 244 g/mol. The molecular formula is C13H22N4O2. The number of nitrogens with zero attached hydrogens (tertiary/aromatic N) is 1. The molecule has 106 valence electrons. The van der Waals surface area contributed by atoms with Gasteiger partial charge in [0, 0.05) is 18.5 Å². The van der Waals surface area contributed by atoms with Crippen molar-refractivity contribution in [2.45, 2.75) is 33.6 Å². The number of carbonyl (C=O) groups excluding carboxylic acids is 1. The summed E-state index contributed by atoms with van der Waals surface area (Å²) in [6.45, 7) is 8.69. The summed E-state index contributed by atoms with van der Waals surface area (Å²) in [6.07, 6.45) is 0. The molecule has 0 saturated heterocycles. The summed E-state index contributed by atoms with van der Waals surface area (Å²) in [5, 5.41) is 5.65. The Balaban J connectivity index is 2.58. The van der Waals surface area contributed by atoms with Crippen molar-refractivity contribution >= 4 is 11.7 Å². The number of hydrogen-bond acceptors (Lipinski definition) is 4. The molecule has 6 heteroatoms. The number of aromatic amines is 1. The summed E-state index contributed by atoms with van der Waals surface area (Å²) in [7, 11) is 0. The lowest BCUT2D eigenvalue weighted by molar-refractivity contribution is -0.119. The van der Waals surface area contributed by atoms with E-state index in [2.05, 4.69) is 20.6 Å². The highest BCUT2D eigenvalue weighted by Gasteiger charge is 2.07. The maximum Gasteiger partial charge on any atom is 0.252 e. The van der Waals surface area contributed by atoms with Gasteiger partial charge in [0.25, 0.3) is 5.56 Å². The Kier molecular flexibility index (Phi) is 5.54. The molecule has 1 heterocycles. The van der Waals surface area contributed by atoms with E-state index in [0.29, 0.717) is 24.1 Å². The number of hydrogen-bond donors (Lipinski definition) is 3. The normalized spacial score (nSPS) is 10.8. The van der Waals surface area contributed by atoms with Crippen LogP contribution in [0, 0.1) is 5.92 Å². The molecule has 0 unspecified atom stereocenters. The number of anilines is 1. The molecule has 3 N–H and O–H groups in total. The van der Waals surface area contributed by atoms with Crippen molar-refractivity contribution in [2.24, 2.45) is 5.92 Å². The van der Waals surface area contributed by atoms with Gasteiger partial charge in [0.1, 0.15) is 11.6 Å². The van der Waals surface area contributed by atoms with E-state index in [-0.39, 0.29) is 23.9 Å². The van der Waals surface area contributed by atoms with Crippen LogP contribution in [0.15, 0.2) is 10.9 Å². The first-order chi connectivity index (χ1) is 8.88. The molecule has 6 nitrogen and oxygen atoms in total. The maximum absolute atomic E-state index is 11.5. The van der Waals surface area contributed by atoms with Crippen molar-refractivity contribution in [1.82, 2.24) is 15.3 Å². The maximum atomic E-state index is 11.5. The predicted molar refractivity (Wildman–Crippen MR) is 75.3 cm³/mol. The van der Waals surface area contributed by atoms with Crippen LogP contribution in [0.3, 0.4) is 0 Å². The number of carbonyl (C=O) groups is 1. The van der Waals surface area contributed by atoms with Crippen molar-refractivity contribution in [1.29, 1.82) is 0 Å². The molecule has 0 saturated carbocycles. The van der Waals surface area contributed by atoms with Gasteiger partial charge in [-0.05, 0) is 5.92 Å². The minimum absolute atomic E-state index is 0.109. The van der Waals surface area contributed by atoms with Crippen LogP contribution in [0.4, 0.5) is 5.82 Å². The Bertz CT molecular complexity index is 480. The highest BCUT2D eigenvalue weighted by molar-refractivity contribution is 5.80. The minimum Gasteiger partial charge on any atom is -0.361 e. The molecule has 0 aliphatic carbocycles. The van der Waals surface area contributed by atoms with Crippen LogP contribution in [0.1, 0.15) is 39.4 Å². The van der Waals surface area contributed by atoms with Gasteiger partial charge in [-0.25, -0.2) is 4.98 Å². The highest BCUT2D eigenvalue weighted by Crippen LogP contribution is 2.08. The third-order valence-electron chi connectivity index (χ3n) is 2.44. The molecule has 0 aliphatic heterocycles. The average molecular weight is 266 g/mol. The van der Waals surface area contributed by atoms with Gasteiger partial charge in [-0.3, -0.25) is 9.59 Å². The first-order valence-electron chi connectivity index (χ1n) is 6.50. The van der Waals surface area contributed by atoms with Gasteiger partial charge < -0.3 is 15.6 Å². The van der Waals surface area contributed by atoms with E-state index in [1.807, 2.05) is 27.7 Å². The summed E-state index contributed by atoms with van der Waals surface area (Å²) < 4.78 is 0. The van der Waals surface area contributed by atoms with Crippen molar-refractivity contribution in [3.63, 3.8) is 0 Å². The fraction of sp³-hybridized carbons (Fsp3) is 0.615. The highest BCUT2D eigenvalue weighted by atomic mass is 16.2. The molecule has 1 amide bonds. The topological polar surface area (TPSA) is 86.9 Å². The van der Waals surface area contributed by atoms with Crippen molar-refractivity contribution in [3.05, 3.63) is 22.2 Å². The predicted octanol–water partition coefficient (Wildman–Crippen LogP) is 1.08. The van der Waals surface area contributed by atoms with Gasteiger partial charge >= 0.3 is 0 Å². The zero-order valence-electron chi connectivity index (χ0n) is 11.9. The van der Waals surface area contributed by atoms with Crippen LogP contribution < -0.4 is 16.2 Å². The molecule has 0 aliphatic rings. The molecule has 0 fully saturated rings. The average Bonchev–Trinajstić information content (AvgIpc) is 2.33. The Labute approximate surface area is 113 Å². The van der Waals surface area contributed by atoms with Gasteiger partial charge in [-0.2, -0.15) is 0 Å². The Morgan fingerprint density at radius 2 is 2.05 bits per heavy atom. The fourth-order valence-electron chi connectivity index (χ4n) is 1.39. The van der Waals surface area contributed by atoms with Crippen LogP contribution in [-0.2, 0) is 4.79 Å². The fourth-order valence-corrected chi connectivity index (χ4v) is 1.39. The summed E-state index contributed by atoms with van der Waals surface area (Å²) >= 11 is 0. The summed E-state index contributed by atoms with van der Waals surface area (Å²) in [6, 6.07) is 1.35. The van der Waals surface area contributed by atoms with E-state index in [1.165, 1.54) is 6.07 Å². The number of H-pyrrole nitrogens is 1. The Morgan fingerprint density at radius 1 is 1.37 bits per heavy atom. The van der Waals surface area contributed by atoms with Crippen molar-refractivity contribution < 1.29 is 4.79 Å². The molecule has 0 spiro atoms. The minimum atomic E-state index is -0.219. The first kappa shape index (κ1) is 15.2. The van der Waals surface area contributed by atoms with Crippen LogP contribution in [0.5, 0.6) is 0 Å². The summed E-state index contributed by atoms with van der Waals surface area (Å²) in [5.41, 5.74) is -0.219. The largest absolute Gasteiger partial charge is 0.361 e. The van der Waals surface area contributed by atoms with Gasteiger partial charge in [0.15, 0.2) is 0 Å². The molecule has 1 rings (SSSR count). The molecule has 0 radical (unpaired) electrons. The Hall–Kier alpha value is -1.85. The lowest BCUT2D eigenvalue weighted by Gasteiger charge is -2.10. The van der Waals surface area contributed by atoms with E-state index in [4.69, 9.17) is 0 Å². The van der Waals surface area contributed by atoms with Gasteiger partial charge in [0.2, 0.25) is 5.91 Å². The summed E-state index contributed by atoms with van der Waals surface area (Å²) in [4.78, 5) is 29.9. The van der Waals surface area contributed by atoms with E-state index < -0.39 is 0 Å². The molecule has 0 bridgehead atoms. The van der Waals surface area contributed by atoms with Crippen LogP contribution in [-0.4, -0.2) is 29.0 Å². The number of aromatic nitrogens is 2. The van der Waals surface area contributed by atoms with E-state index >= 15 is 0 Å². The quantitative estimate of drug-likeness (QED) is 0.719. The SMILES string of the molecule is CC(C)CNC(=O)CNc1cc(=O)[nH]c(C(C)C)n1. The lowest BCUT2D eigenvalue weighted by atomic mass is 10.2. The lowest BCUT2D eigenvalue weighted by Crippen LogP contribution is -2.33. The van der Waals surface area contributed by atoms with Crippen LogP contribution >= 0.6 is 0 Å². The van der Waals surface area contributed by atoms with E-state index in [9.17, 15) is 9.59 Å². The molecule has 1 aromatic rings. The van der Waals surface area contributed by atoms with Crippen LogP contribution in [0.25, 0.3) is 0 Å². The number of rotatable bonds is 6. The van der Waals surface area contributed by atoms with Gasteiger partial charge in [-0.15, -0.1) is 0 Å². The summed E-state index contributed by atoms with van der Waals surface area (Å²) in [5.74, 6) is 1.46. The number of amides is 1. The molecule has 19 heavy (non-hydrogen) atoms. The molecule has 0 atom stereocenters. The third kappa shape index (κ3) is 5.54. The van der Waals surface area contributed by atoms with Gasteiger partial charge in [0.05, 0.1) is 6.54 Å². The molecule has 0 aromatic carbocycles. The number of nitrogens with one attached hydrogen (secondary N) is 3. The smallest absolute Gasteiger partial charge is 0.252 e. The van der Waals surface area contributed by atoms with E-state index in [1.54, 1.807) is 0 Å². The second kappa shape index (κ2) is 6.92. The first-order valence-corrected chi connectivity index (χ1v) is 6.50. The van der Waals surface area contributed by atoms with E-state index in [0.717, 1.165) is 0 Å². The van der Waals surface area contributed by atoms with Crippen molar-refractivity contribution in [3.8, 4) is 0 Å². The zero-order chi connectivity index (χ0) is 14.4. The Morgan fingerprint density at radius 3 is 2.63 bits per heavy atom. The molecule has 1 aromatic heterocycles. The second-order valence-electron chi connectivity index (χ2n) is 5.22. The second-order valence-corrected chi connectivity index (χ2v) is 5.22.